The zero-order valence-corrected chi connectivity index (χ0v) is 13.6. The Bertz CT molecular complexity index is 608. The lowest BCUT2D eigenvalue weighted by molar-refractivity contribution is 0.409. The van der Waals surface area contributed by atoms with Gasteiger partial charge in [0.1, 0.15) is 5.82 Å². The Hall–Kier alpha value is -0.900. The minimum absolute atomic E-state index is 0.177. The van der Waals surface area contributed by atoms with Crippen molar-refractivity contribution in [3.05, 3.63) is 56.5 Å². The number of hydrogen-bond acceptors (Lipinski definition) is 2. The number of nitrogens with one attached hydrogen (secondary N) is 1. The fraction of sp³-hybridized carbons (Fsp3) is 0.412. The summed E-state index contributed by atoms with van der Waals surface area (Å²) in [5.41, 5.74) is 2.54. The highest BCUT2D eigenvalue weighted by molar-refractivity contribution is 7.16. The zero-order chi connectivity index (χ0) is 14.8. The first-order chi connectivity index (χ1) is 10.1. The molecular formula is C17H19ClFNS. The van der Waals surface area contributed by atoms with Gasteiger partial charge in [0.25, 0.3) is 0 Å². The number of hydrogen-bond donors (Lipinski definition) is 1. The number of benzene rings is 1. The van der Waals surface area contributed by atoms with Gasteiger partial charge >= 0.3 is 0 Å². The van der Waals surface area contributed by atoms with Gasteiger partial charge in [-0.3, -0.25) is 0 Å². The molecule has 1 aromatic heterocycles. The predicted octanol–water partition coefficient (Wildman–Crippen LogP) is 5.14. The lowest BCUT2D eigenvalue weighted by Gasteiger charge is -2.27. The van der Waals surface area contributed by atoms with E-state index in [1.807, 2.05) is 12.1 Å². The van der Waals surface area contributed by atoms with Crippen molar-refractivity contribution in [3.8, 4) is 0 Å². The average molecular weight is 324 g/mol. The van der Waals surface area contributed by atoms with Gasteiger partial charge in [-0.25, -0.2) is 4.39 Å². The summed E-state index contributed by atoms with van der Waals surface area (Å²) in [5, 5.41) is 3.71. The molecule has 1 heterocycles. The maximum absolute atomic E-state index is 12.9. The molecular weight excluding hydrogens is 305 g/mol. The van der Waals surface area contributed by atoms with Crippen LogP contribution in [0.25, 0.3) is 0 Å². The van der Waals surface area contributed by atoms with E-state index in [4.69, 9.17) is 11.6 Å². The summed E-state index contributed by atoms with van der Waals surface area (Å²) in [6.45, 7) is 2.19. The van der Waals surface area contributed by atoms with E-state index in [1.54, 1.807) is 11.3 Å². The van der Waals surface area contributed by atoms with E-state index in [1.165, 1.54) is 29.0 Å². The minimum atomic E-state index is -0.177. The Morgan fingerprint density at radius 3 is 2.90 bits per heavy atom. The summed E-state index contributed by atoms with van der Waals surface area (Å²) >= 11 is 7.86. The van der Waals surface area contributed by atoms with Crippen LogP contribution in [0.5, 0.6) is 0 Å². The van der Waals surface area contributed by atoms with Crippen molar-refractivity contribution >= 4 is 22.9 Å². The van der Waals surface area contributed by atoms with E-state index in [-0.39, 0.29) is 5.82 Å². The number of aryl methyl sites for hydroxylation is 1. The third kappa shape index (κ3) is 3.65. The van der Waals surface area contributed by atoms with E-state index in [9.17, 15) is 4.39 Å². The molecule has 0 saturated carbocycles. The SMILES string of the molecule is CC(Cc1ccc(F)cc1)NC1CCCc2sc(Cl)cc21. The third-order valence-corrected chi connectivity index (χ3v) is 5.36. The summed E-state index contributed by atoms with van der Waals surface area (Å²) < 4.78 is 13.8. The highest BCUT2D eigenvalue weighted by Crippen LogP contribution is 2.38. The molecule has 1 nitrogen and oxygen atoms in total. The fourth-order valence-electron chi connectivity index (χ4n) is 3.07. The first-order valence-corrected chi connectivity index (χ1v) is 8.60. The first kappa shape index (κ1) is 15.0. The van der Waals surface area contributed by atoms with Crippen molar-refractivity contribution in [1.82, 2.24) is 5.32 Å². The molecule has 112 valence electrons. The molecule has 4 heteroatoms. The number of fused-ring (bicyclic) bond motifs is 1. The highest BCUT2D eigenvalue weighted by Gasteiger charge is 2.23. The van der Waals surface area contributed by atoms with Crippen molar-refractivity contribution in [2.75, 3.05) is 0 Å². The Morgan fingerprint density at radius 2 is 2.14 bits per heavy atom. The number of thiophene rings is 1. The maximum atomic E-state index is 12.9. The van der Waals surface area contributed by atoms with Crippen LogP contribution in [0.1, 0.15) is 41.8 Å². The van der Waals surface area contributed by atoms with E-state index in [0.29, 0.717) is 12.1 Å². The Balaban J connectivity index is 1.65. The van der Waals surface area contributed by atoms with Crippen LogP contribution in [0.2, 0.25) is 4.34 Å². The standard InChI is InChI=1S/C17H19ClFNS/c1-11(9-12-5-7-13(19)8-6-12)20-15-3-2-4-16-14(15)10-17(18)21-16/h5-8,10-11,15,20H,2-4,9H2,1H3. The van der Waals surface area contributed by atoms with Crippen LogP contribution in [-0.4, -0.2) is 6.04 Å². The van der Waals surface area contributed by atoms with Crippen molar-refractivity contribution in [3.63, 3.8) is 0 Å². The van der Waals surface area contributed by atoms with E-state index < -0.39 is 0 Å². The van der Waals surface area contributed by atoms with Gasteiger partial charge in [0.05, 0.1) is 4.34 Å². The van der Waals surface area contributed by atoms with E-state index >= 15 is 0 Å². The molecule has 0 fully saturated rings. The van der Waals surface area contributed by atoms with Crippen LogP contribution in [0.15, 0.2) is 30.3 Å². The molecule has 1 N–H and O–H groups in total. The molecule has 0 amide bonds. The van der Waals surface area contributed by atoms with Gasteiger partial charge in [-0.05, 0) is 61.9 Å². The largest absolute Gasteiger partial charge is 0.307 e. The molecule has 3 rings (SSSR count). The minimum Gasteiger partial charge on any atom is -0.307 e. The summed E-state index contributed by atoms with van der Waals surface area (Å²) in [5.74, 6) is -0.177. The van der Waals surface area contributed by atoms with E-state index in [2.05, 4.69) is 18.3 Å². The van der Waals surface area contributed by atoms with Crippen LogP contribution in [-0.2, 0) is 12.8 Å². The molecule has 0 aliphatic heterocycles. The van der Waals surface area contributed by atoms with Gasteiger partial charge in [0.2, 0.25) is 0 Å². The first-order valence-electron chi connectivity index (χ1n) is 7.40. The third-order valence-electron chi connectivity index (χ3n) is 4.02. The van der Waals surface area contributed by atoms with Crippen molar-refractivity contribution in [2.24, 2.45) is 0 Å². The molecule has 0 radical (unpaired) electrons. The van der Waals surface area contributed by atoms with E-state index in [0.717, 1.165) is 29.2 Å². The average Bonchev–Trinajstić information content (AvgIpc) is 2.83. The quantitative estimate of drug-likeness (QED) is 0.821. The molecule has 0 bridgehead atoms. The van der Waals surface area contributed by atoms with Gasteiger partial charge in [-0.2, -0.15) is 0 Å². The summed E-state index contributed by atoms with van der Waals surface area (Å²) in [4.78, 5) is 1.43. The van der Waals surface area contributed by atoms with Crippen LogP contribution in [0.3, 0.4) is 0 Å². The molecule has 0 saturated heterocycles. The predicted molar refractivity (Wildman–Crippen MR) is 87.7 cm³/mol. The van der Waals surface area contributed by atoms with Crippen molar-refractivity contribution < 1.29 is 4.39 Å². The Labute approximate surface area is 134 Å². The summed E-state index contributed by atoms with van der Waals surface area (Å²) in [6, 6.07) is 9.64. The van der Waals surface area contributed by atoms with Crippen LogP contribution >= 0.6 is 22.9 Å². The summed E-state index contributed by atoms with van der Waals surface area (Å²) in [6.07, 6.45) is 4.43. The van der Waals surface area contributed by atoms with Gasteiger partial charge in [-0.1, -0.05) is 23.7 Å². The zero-order valence-electron chi connectivity index (χ0n) is 12.0. The molecule has 2 aromatic rings. The second kappa shape index (κ2) is 6.47. The van der Waals surface area contributed by atoms with Crippen LogP contribution in [0.4, 0.5) is 4.39 Å². The van der Waals surface area contributed by atoms with Crippen molar-refractivity contribution in [1.29, 1.82) is 0 Å². The Kier molecular flexibility index (Phi) is 4.63. The molecule has 1 aromatic carbocycles. The Morgan fingerprint density at radius 1 is 1.38 bits per heavy atom. The van der Waals surface area contributed by atoms with Crippen LogP contribution in [0, 0.1) is 5.82 Å². The smallest absolute Gasteiger partial charge is 0.123 e. The fourth-order valence-corrected chi connectivity index (χ4v) is 4.45. The molecule has 1 aliphatic carbocycles. The number of rotatable bonds is 4. The maximum Gasteiger partial charge on any atom is 0.123 e. The molecule has 0 spiro atoms. The lowest BCUT2D eigenvalue weighted by atomic mass is 9.93. The monoisotopic (exact) mass is 323 g/mol. The topological polar surface area (TPSA) is 12.0 Å². The molecule has 2 unspecified atom stereocenters. The van der Waals surface area contributed by atoms with Gasteiger partial charge in [0, 0.05) is 17.0 Å². The van der Waals surface area contributed by atoms with Gasteiger partial charge in [0.15, 0.2) is 0 Å². The molecule has 21 heavy (non-hydrogen) atoms. The normalized spacial score (nSPS) is 19.3. The number of halogens is 2. The second-order valence-electron chi connectivity index (χ2n) is 5.77. The molecule has 2 atom stereocenters. The lowest BCUT2D eigenvalue weighted by Crippen LogP contribution is -2.33. The van der Waals surface area contributed by atoms with Gasteiger partial charge < -0.3 is 5.32 Å². The van der Waals surface area contributed by atoms with Gasteiger partial charge in [-0.15, -0.1) is 11.3 Å². The molecule has 1 aliphatic rings. The highest BCUT2D eigenvalue weighted by atomic mass is 35.5. The summed E-state index contributed by atoms with van der Waals surface area (Å²) in [7, 11) is 0. The van der Waals surface area contributed by atoms with Crippen molar-refractivity contribution in [2.45, 2.75) is 44.7 Å². The second-order valence-corrected chi connectivity index (χ2v) is 7.54. The van der Waals surface area contributed by atoms with Crippen LogP contribution < -0.4 is 5.32 Å².